The fraction of sp³-hybridized carbons (Fsp3) is 0.125. The summed E-state index contributed by atoms with van der Waals surface area (Å²) < 4.78 is 0.931. The van der Waals surface area contributed by atoms with E-state index in [0.717, 1.165) is 15.8 Å². The van der Waals surface area contributed by atoms with Crippen molar-refractivity contribution in [3.63, 3.8) is 0 Å². The highest BCUT2D eigenvalue weighted by Gasteiger charge is 2.14. The molecule has 6 heteroatoms. The molecule has 1 N–H and O–H groups in total. The lowest BCUT2D eigenvalue weighted by atomic mass is 10.2. The number of thioether (sulfide) groups is 2. The molecule has 1 aliphatic rings. The molecule has 112 valence electrons. The van der Waals surface area contributed by atoms with E-state index >= 15 is 0 Å². The number of benzene rings is 2. The Labute approximate surface area is 142 Å². The highest BCUT2D eigenvalue weighted by Crippen LogP contribution is 2.34. The van der Waals surface area contributed by atoms with Crippen molar-refractivity contribution >= 4 is 56.8 Å². The van der Waals surface area contributed by atoms with E-state index in [1.165, 1.54) is 17.3 Å². The molecular formula is C16H13ClN2OS2. The smallest absolute Gasteiger partial charge is 0.234 e. The lowest BCUT2D eigenvalue weighted by Crippen LogP contribution is -2.15. The van der Waals surface area contributed by atoms with Crippen molar-refractivity contribution in [1.29, 1.82) is 0 Å². The first-order chi connectivity index (χ1) is 10.7. The summed E-state index contributed by atoms with van der Waals surface area (Å²) in [5.74, 6) is 1.17. The summed E-state index contributed by atoms with van der Waals surface area (Å²) in [6, 6.07) is 15.2. The van der Waals surface area contributed by atoms with Gasteiger partial charge < -0.3 is 5.32 Å². The normalized spacial score (nSPS) is 13.2. The molecule has 0 atom stereocenters. The van der Waals surface area contributed by atoms with Gasteiger partial charge in [-0.1, -0.05) is 59.4 Å². The first kappa shape index (κ1) is 15.5. The van der Waals surface area contributed by atoms with Crippen LogP contribution >= 0.6 is 35.1 Å². The highest BCUT2D eigenvalue weighted by atomic mass is 35.5. The lowest BCUT2D eigenvalue weighted by molar-refractivity contribution is -0.113. The van der Waals surface area contributed by atoms with Gasteiger partial charge in [0.2, 0.25) is 5.91 Å². The van der Waals surface area contributed by atoms with Crippen molar-refractivity contribution in [2.24, 2.45) is 4.99 Å². The molecule has 0 aliphatic carbocycles. The molecular weight excluding hydrogens is 336 g/mol. The van der Waals surface area contributed by atoms with E-state index in [2.05, 4.69) is 16.4 Å². The van der Waals surface area contributed by atoms with Crippen LogP contribution in [0.25, 0.3) is 0 Å². The quantitative estimate of drug-likeness (QED) is 0.853. The zero-order valence-corrected chi connectivity index (χ0v) is 14.0. The minimum Gasteiger partial charge on any atom is -0.325 e. The third-order valence-electron chi connectivity index (χ3n) is 2.99. The van der Waals surface area contributed by atoms with Crippen LogP contribution in [-0.4, -0.2) is 16.0 Å². The second-order valence-electron chi connectivity index (χ2n) is 4.64. The van der Waals surface area contributed by atoms with Crippen molar-refractivity contribution in [3.8, 4) is 0 Å². The molecule has 0 fully saturated rings. The average molecular weight is 349 g/mol. The lowest BCUT2D eigenvalue weighted by Gasteiger charge is -2.14. The maximum Gasteiger partial charge on any atom is 0.234 e. The first-order valence-electron chi connectivity index (χ1n) is 6.68. The predicted octanol–water partition coefficient (Wildman–Crippen LogP) is 4.95. The third-order valence-corrected chi connectivity index (χ3v) is 5.47. The van der Waals surface area contributed by atoms with Gasteiger partial charge in [-0.05, 0) is 29.8 Å². The Hall–Kier alpha value is -1.43. The van der Waals surface area contributed by atoms with Crippen molar-refractivity contribution in [2.45, 2.75) is 5.75 Å². The topological polar surface area (TPSA) is 41.5 Å². The molecule has 0 spiro atoms. The molecule has 3 nitrogen and oxygen atoms in total. The number of aliphatic imine (C=N–C) groups is 1. The number of halogens is 1. The zero-order valence-electron chi connectivity index (χ0n) is 11.6. The summed E-state index contributed by atoms with van der Waals surface area (Å²) in [7, 11) is 0. The van der Waals surface area contributed by atoms with Crippen LogP contribution in [0, 0.1) is 0 Å². The van der Waals surface area contributed by atoms with E-state index in [4.69, 9.17) is 11.6 Å². The number of anilines is 1. The van der Waals surface area contributed by atoms with E-state index in [9.17, 15) is 4.79 Å². The van der Waals surface area contributed by atoms with E-state index < -0.39 is 0 Å². The van der Waals surface area contributed by atoms with Crippen LogP contribution in [0.15, 0.2) is 53.5 Å². The molecule has 0 radical (unpaired) electrons. The molecule has 2 aromatic carbocycles. The van der Waals surface area contributed by atoms with Gasteiger partial charge in [0.1, 0.15) is 4.38 Å². The average Bonchev–Trinajstić information content (AvgIpc) is 2.53. The maximum absolute atomic E-state index is 12.0. The number of nitrogens with one attached hydrogen (secondary N) is 1. The minimum absolute atomic E-state index is 0.0607. The number of fused-ring (bicyclic) bond motifs is 1. The number of hydrogen-bond donors (Lipinski definition) is 1. The molecule has 22 heavy (non-hydrogen) atoms. The Morgan fingerprint density at radius 3 is 3.00 bits per heavy atom. The van der Waals surface area contributed by atoms with Crippen LogP contribution in [0.4, 0.5) is 11.4 Å². The van der Waals surface area contributed by atoms with Gasteiger partial charge in [0.15, 0.2) is 0 Å². The summed E-state index contributed by atoms with van der Waals surface area (Å²) >= 11 is 9.02. The van der Waals surface area contributed by atoms with Crippen LogP contribution in [0.5, 0.6) is 0 Å². The second-order valence-corrected chi connectivity index (χ2v) is 7.27. The number of carbonyl (C=O) groups is 1. The molecule has 0 bridgehead atoms. The van der Waals surface area contributed by atoms with E-state index in [1.807, 2.05) is 30.3 Å². The van der Waals surface area contributed by atoms with Crippen LogP contribution < -0.4 is 5.32 Å². The monoisotopic (exact) mass is 348 g/mol. The van der Waals surface area contributed by atoms with Crippen LogP contribution in [0.1, 0.15) is 5.56 Å². The summed E-state index contributed by atoms with van der Waals surface area (Å²) in [5.41, 5.74) is 2.95. The fourth-order valence-corrected chi connectivity index (χ4v) is 4.03. The molecule has 1 heterocycles. The number of rotatable bonds is 3. The number of hydrogen-bond acceptors (Lipinski definition) is 4. The Morgan fingerprint density at radius 1 is 1.27 bits per heavy atom. The zero-order chi connectivity index (χ0) is 15.4. The molecule has 0 unspecified atom stereocenters. The van der Waals surface area contributed by atoms with Crippen molar-refractivity contribution in [3.05, 3.63) is 59.1 Å². The molecule has 0 saturated heterocycles. The maximum atomic E-state index is 12.0. The van der Waals surface area contributed by atoms with Crippen LogP contribution in [0.2, 0.25) is 5.02 Å². The Morgan fingerprint density at radius 2 is 2.14 bits per heavy atom. The second kappa shape index (κ2) is 7.22. The minimum atomic E-state index is -0.0607. The van der Waals surface area contributed by atoms with Crippen LogP contribution in [0.3, 0.4) is 0 Å². The molecule has 3 rings (SSSR count). The van der Waals surface area contributed by atoms with Gasteiger partial charge in [-0.15, -0.1) is 0 Å². The van der Waals surface area contributed by atoms with Gasteiger partial charge in [0, 0.05) is 16.5 Å². The Balaban J connectivity index is 1.57. The van der Waals surface area contributed by atoms with Crippen molar-refractivity contribution in [2.75, 3.05) is 11.1 Å². The molecule has 2 aromatic rings. The Kier molecular flexibility index (Phi) is 5.08. The predicted molar refractivity (Wildman–Crippen MR) is 97.4 cm³/mol. The number of nitrogens with zero attached hydrogens (tertiary/aromatic N) is 1. The first-order valence-corrected chi connectivity index (χ1v) is 9.03. The number of para-hydroxylation sites is 1. The summed E-state index contributed by atoms with van der Waals surface area (Å²) in [4.78, 5) is 16.6. The fourth-order valence-electron chi connectivity index (χ4n) is 1.98. The molecule has 0 aromatic heterocycles. The summed E-state index contributed by atoms with van der Waals surface area (Å²) in [6.07, 6.45) is 0. The van der Waals surface area contributed by atoms with E-state index in [1.54, 1.807) is 23.9 Å². The van der Waals surface area contributed by atoms with E-state index in [0.29, 0.717) is 16.5 Å². The molecule has 0 saturated carbocycles. The van der Waals surface area contributed by atoms with Gasteiger partial charge in [-0.2, -0.15) is 0 Å². The summed E-state index contributed by atoms with van der Waals surface area (Å²) in [5, 5.41) is 3.44. The highest BCUT2D eigenvalue weighted by molar-refractivity contribution is 8.38. The Bertz CT molecular complexity index is 734. The van der Waals surface area contributed by atoms with Gasteiger partial charge in [-0.25, -0.2) is 4.99 Å². The van der Waals surface area contributed by atoms with Crippen LogP contribution in [-0.2, 0) is 10.5 Å². The van der Waals surface area contributed by atoms with Gasteiger partial charge in [0.05, 0.1) is 11.4 Å². The molecule has 1 amide bonds. The van der Waals surface area contributed by atoms with Crippen molar-refractivity contribution in [1.82, 2.24) is 0 Å². The SMILES string of the molecule is O=C(CSC1=Nc2ccccc2CS1)Nc1cccc(Cl)c1. The number of amides is 1. The van der Waals surface area contributed by atoms with E-state index in [-0.39, 0.29) is 5.91 Å². The number of carbonyl (C=O) groups excluding carboxylic acids is 1. The van der Waals surface area contributed by atoms with Crippen molar-refractivity contribution < 1.29 is 4.79 Å². The molecule has 1 aliphatic heterocycles. The van der Waals surface area contributed by atoms with Gasteiger partial charge in [-0.3, -0.25) is 4.79 Å². The summed E-state index contributed by atoms with van der Waals surface area (Å²) in [6.45, 7) is 0. The third kappa shape index (κ3) is 4.06. The standard InChI is InChI=1S/C16H13ClN2OS2/c17-12-5-3-6-13(8-12)18-15(20)10-22-16-19-14-7-2-1-4-11(14)9-21-16/h1-8H,9-10H2,(H,18,20). The largest absolute Gasteiger partial charge is 0.325 e. The van der Waals surface area contributed by atoms with Gasteiger partial charge >= 0.3 is 0 Å². The van der Waals surface area contributed by atoms with Gasteiger partial charge in [0.25, 0.3) is 0 Å².